The number of para-hydroxylation sites is 1. The average Bonchev–Trinajstić information content (AvgIpc) is 3.02. The first-order valence-electron chi connectivity index (χ1n) is 16.0. The third-order valence-corrected chi connectivity index (χ3v) is 12.1. The number of anilines is 1. The summed E-state index contributed by atoms with van der Waals surface area (Å²) in [5.74, 6) is 1.71. The topological polar surface area (TPSA) is 76.2 Å². The van der Waals surface area contributed by atoms with Crippen molar-refractivity contribution in [1.82, 2.24) is 4.90 Å². The van der Waals surface area contributed by atoms with E-state index in [-0.39, 0.29) is 18.4 Å². The fraction of sp³-hybridized carbons (Fsp3) is 0.472. The summed E-state index contributed by atoms with van der Waals surface area (Å²) >= 11 is 0. The molecule has 6 rings (SSSR count). The molecular weight excluding hydrogens is 572 g/mol. The van der Waals surface area contributed by atoms with Crippen LogP contribution < -0.4 is 13.8 Å². The third kappa shape index (κ3) is 6.19. The van der Waals surface area contributed by atoms with E-state index < -0.39 is 10.0 Å². The first-order chi connectivity index (χ1) is 21.2. The molecular formula is C36H44N2O5S. The van der Waals surface area contributed by atoms with E-state index in [4.69, 9.17) is 9.47 Å². The minimum absolute atomic E-state index is 0.118. The fourth-order valence-electron chi connectivity index (χ4n) is 7.52. The number of rotatable bonds is 7. The maximum absolute atomic E-state index is 14.0. The lowest BCUT2D eigenvalue weighted by atomic mass is 9.67. The van der Waals surface area contributed by atoms with E-state index in [1.165, 1.54) is 0 Å². The number of amides is 1. The Bertz CT molecular complexity index is 1580. The highest BCUT2D eigenvalue weighted by Crippen LogP contribution is 2.45. The van der Waals surface area contributed by atoms with Gasteiger partial charge in [0.1, 0.15) is 11.5 Å². The number of hydrogen-bond donors (Lipinski definition) is 0. The molecule has 0 N–H and O–H groups in total. The summed E-state index contributed by atoms with van der Waals surface area (Å²) in [7, 11) is -2.21. The minimum atomic E-state index is -3.79. The lowest BCUT2D eigenvalue weighted by molar-refractivity contribution is -0.133. The monoisotopic (exact) mass is 616 g/mol. The van der Waals surface area contributed by atoms with Crippen molar-refractivity contribution in [3.8, 4) is 11.5 Å². The number of carbonyl (C=O) groups is 1. The molecule has 0 unspecified atom stereocenters. The van der Waals surface area contributed by atoms with E-state index in [9.17, 15) is 13.2 Å². The highest BCUT2D eigenvalue weighted by atomic mass is 32.2. The molecule has 1 saturated heterocycles. The van der Waals surface area contributed by atoms with Gasteiger partial charge in [-0.25, -0.2) is 8.42 Å². The molecule has 0 radical (unpaired) electrons. The molecule has 3 aromatic carbocycles. The number of carbonyl (C=O) groups excluding carboxylic acids is 1. The quantitative estimate of drug-likeness (QED) is 0.298. The molecule has 2 fully saturated rings. The second-order valence-electron chi connectivity index (χ2n) is 12.9. The number of piperidine rings is 1. The summed E-state index contributed by atoms with van der Waals surface area (Å²) in [6.07, 6.45) is 8.62. The summed E-state index contributed by atoms with van der Waals surface area (Å²) in [6.45, 7) is 5.61. The Morgan fingerprint density at radius 2 is 1.57 bits per heavy atom. The SMILES string of the molecule is COc1cc(C)c(S(=O)(=O)N2CCCc3ccc(CC(=O)N4CCC5(CCC(Oc6ccccc6)CC5)CC4)cc32)c(C)c1. The van der Waals surface area contributed by atoms with E-state index in [1.54, 1.807) is 23.5 Å². The van der Waals surface area contributed by atoms with Crippen molar-refractivity contribution in [3.63, 3.8) is 0 Å². The molecule has 0 atom stereocenters. The van der Waals surface area contributed by atoms with Crippen LogP contribution in [-0.2, 0) is 27.7 Å². The van der Waals surface area contributed by atoms with Gasteiger partial charge in [-0.15, -0.1) is 0 Å². The average molecular weight is 617 g/mol. The standard InChI is InChI=1S/C36H44N2O5S/c1-26-22-32(42-3)23-27(2)35(26)44(40,41)38-19-7-8-29-12-11-28(24-33(29)38)25-34(39)37-20-17-36(18-21-37)15-13-31(14-16-36)43-30-9-5-4-6-10-30/h4-6,9-12,22-24,31H,7-8,13-21,25H2,1-3H3. The van der Waals surface area contributed by atoms with E-state index in [2.05, 4.69) is 0 Å². The zero-order chi connectivity index (χ0) is 30.9. The largest absolute Gasteiger partial charge is 0.497 e. The van der Waals surface area contributed by atoms with E-state index in [0.717, 1.165) is 81.3 Å². The van der Waals surface area contributed by atoms with Gasteiger partial charge in [0.25, 0.3) is 10.0 Å². The van der Waals surface area contributed by atoms with Crippen LogP contribution in [0.4, 0.5) is 5.69 Å². The van der Waals surface area contributed by atoms with E-state index in [1.807, 2.05) is 67.3 Å². The van der Waals surface area contributed by atoms with Gasteiger partial charge in [-0.2, -0.15) is 0 Å². The fourth-order valence-corrected chi connectivity index (χ4v) is 9.47. The van der Waals surface area contributed by atoms with Crippen LogP contribution in [0.5, 0.6) is 11.5 Å². The second kappa shape index (κ2) is 12.5. The van der Waals surface area contributed by atoms with Gasteiger partial charge in [0.05, 0.1) is 30.2 Å². The van der Waals surface area contributed by atoms with E-state index >= 15 is 0 Å². The van der Waals surface area contributed by atoms with Gasteiger partial charge in [-0.3, -0.25) is 9.10 Å². The number of fused-ring (bicyclic) bond motifs is 1. The zero-order valence-corrected chi connectivity index (χ0v) is 27.0. The third-order valence-electron chi connectivity index (χ3n) is 10.0. The Morgan fingerprint density at radius 3 is 2.23 bits per heavy atom. The number of hydrogen-bond acceptors (Lipinski definition) is 5. The van der Waals surface area contributed by atoms with Gasteiger partial charge in [0.2, 0.25) is 5.91 Å². The van der Waals surface area contributed by atoms with Gasteiger partial charge >= 0.3 is 0 Å². The van der Waals surface area contributed by atoms with Crippen LogP contribution >= 0.6 is 0 Å². The lowest BCUT2D eigenvalue weighted by Crippen LogP contribution is -2.45. The lowest BCUT2D eigenvalue weighted by Gasteiger charge is -2.46. The van der Waals surface area contributed by atoms with Crippen molar-refractivity contribution in [2.75, 3.05) is 31.0 Å². The Hall–Kier alpha value is -3.52. The van der Waals surface area contributed by atoms with Crippen LogP contribution in [-0.4, -0.2) is 52.1 Å². The molecule has 0 bridgehead atoms. The molecule has 3 aliphatic rings. The van der Waals surface area contributed by atoms with Crippen LogP contribution in [0.2, 0.25) is 0 Å². The number of benzene rings is 3. The van der Waals surface area contributed by atoms with Crippen molar-refractivity contribution >= 4 is 21.6 Å². The number of aryl methyl sites for hydroxylation is 3. The van der Waals surface area contributed by atoms with Crippen LogP contribution in [0, 0.1) is 19.3 Å². The number of likely N-dealkylation sites (tertiary alicyclic amines) is 1. The predicted octanol–water partition coefficient (Wildman–Crippen LogP) is 6.63. The van der Waals surface area contributed by atoms with Crippen LogP contribution in [0.1, 0.15) is 67.2 Å². The maximum Gasteiger partial charge on any atom is 0.264 e. The van der Waals surface area contributed by atoms with Gasteiger partial charge < -0.3 is 14.4 Å². The Balaban J connectivity index is 1.10. The first-order valence-corrected chi connectivity index (χ1v) is 17.4. The molecule has 7 nitrogen and oxygen atoms in total. The highest BCUT2D eigenvalue weighted by Gasteiger charge is 2.39. The number of nitrogens with zero attached hydrogens (tertiary/aromatic N) is 2. The molecule has 44 heavy (non-hydrogen) atoms. The second-order valence-corrected chi connectivity index (χ2v) is 14.7. The summed E-state index contributed by atoms with van der Waals surface area (Å²) in [5, 5.41) is 0. The molecule has 1 amide bonds. The normalized spacial score (nSPS) is 18.6. The van der Waals surface area contributed by atoms with E-state index in [0.29, 0.717) is 39.4 Å². The predicted molar refractivity (Wildman–Crippen MR) is 173 cm³/mol. The summed E-state index contributed by atoms with van der Waals surface area (Å²) in [6, 6.07) is 19.6. The van der Waals surface area contributed by atoms with Gasteiger partial charge in [-0.1, -0.05) is 30.3 Å². The van der Waals surface area contributed by atoms with Crippen molar-refractivity contribution in [1.29, 1.82) is 0 Å². The molecule has 0 aromatic heterocycles. The number of ether oxygens (including phenoxy) is 2. The molecule has 1 aliphatic carbocycles. The maximum atomic E-state index is 14.0. The van der Waals surface area contributed by atoms with Crippen LogP contribution in [0.25, 0.3) is 0 Å². The molecule has 1 saturated carbocycles. The Kier molecular flexibility index (Phi) is 8.64. The van der Waals surface area contributed by atoms with Crippen molar-refractivity contribution in [2.45, 2.75) is 82.6 Å². The summed E-state index contributed by atoms with van der Waals surface area (Å²) in [5.41, 5.74) is 4.21. The van der Waals surface area contributed by atoms with Gasteiger partial charge in [0.15, 0.2) is 0 Å². The molecule has 1 spiro atoms. The summed E-state index contributed by atoms with van der Waals surface area (Å²) in [4.78, 5) is 15.8. The number of methoxy groups -OCH3 is 1. The molecule has 8 heteroatoms. The van der Waals surface area contributed by atoms with Crippen molar-refractivity contribution in [2.24, 2.45) is 5.41 Å². The summed E-state index contributed by atoms with van der Waals surface area (Å²) < 4.78 is 41.2. The zero-order valence-electron chi connectivity index (χ0n) is 26.2. The minimum Gasteiger partial charge on any atom is -0.497 e. The van der Waals surface area contributed by atoms with Gasteiger partial charge in [-0.05, 0) is 123 Å². The Morgan fingerprint density at radius 1 is 0.886 bits per heavy atom. The first kappa shape index (κ1) is 30.5. The van der Waals surface area contributed by atoms with Crippen molar-refractivity contribution in [3.05, 3.63) is 82.9 Å². The molecule has 2 heterocycles. The molecule has 234 valence electrons. The molecule has 3 aromatic rings. The smallest absolute Gasteiger partial charge is 0.264 e. The Labute approximate surface area is 262 Å². The van der Waals surface area contributed by atoms with Crippen molar-refractivity contribution < 1.29 is 22.7 Å². The highest BCUT2D eigenvalue weighted by molar-refractivity contribution is 7.93. The van der Waals surface area contributed by atoms with Crippen LogP contribution in [0.3, 0.4) is 0 Å². The van der Waals surface area contributed by atoms with Crippen LogP contribution in [0.15, 0.2) is 65.6 Å². The van der Waals surface area contributed by atoms with Gasteiger partial charge in [0, 0.05) is 19.6 Å². The molecule has 2 aliphatic heterocycles. The number of sulfonamides is 1.